The molecule has 0 bridgehead atoms. The molecule has 3 aromatic rings. The van der Waals surface area contributed by atoms with Crippen LogP contribution in [0.4, 0.5) is 0 Å². The first-order valence-electron chi connectivity index (χ1n) is 10.2. The van der Waals surface area contributed by atoms with Gasteiger partial charge in [0.2, 0.25) is 5.91 Å². The first-order chi connectivity index (χ1) is 14.8. The van der Waals surface area contributed by atoms with E-state index >= 15 is 0 Å². The van der Waals surface area contributed by atoms with Crippen LogP contribution in [-0.4, -0.2) is 22.7 Å². The lowest BCUT2D eigenvalue weighted by atomic mass is 9.95. The molecule has 4 rings (SSSR count). The number of hydrogen-bond acceptors (Lipinski definition) is 4. The van der Waals surface area contributed by atoms with Gasteiger partial charge in [-0.05, 0) is 44.0 Å². The molecule has 3 heterocycles. The van der Waals surface area contributed by atoms with Crippen molar-refractivity contribution in [1.82, 2.24) is 9.88 Å². The summed E-state index contributed by atoms with van der Waals surface area (Å²) in [5, 5.41) is 3.52. The molecule has 0 spiro atoms. The van der Waals surface area contributed by atoms with Crippen LogP contribution < -0.4 is 10.9 Å². The van der Waals surface area contributed by atoms with Gasteiger partial charge in [-0.3, -0.25) is 14.6 Å². The molecule has 160 valence electrons. The van der Waals surface area contributed by atoms with Crippen LogP contribution in [0.25, 0.3) is 10.4 Å². The van der Waals surface area contributed by atoms with E-state index in [0.717, 1.165) is 38.4 Å². The number of nitrogens with zero attached hydrogens (tertiary/aromatic N) is 2. The predicted molar refractivity (Wildman–Crippen MR) is 128 cm³/mol. The van der Waals surface area contributed by atoms with Crippen molar-refractivity contribution < 1.29 is 4.79 Å². The van der Waals surface area contributed by atoms with Gasteiger partial charge in [0.15, 0.2) is 0 Å². The Bertz CT molecular complexity index is 1260. The topological polar surface area (TPSA) is 63.5 Å². The SMILES string of the molecule is CCNC(=O)C[C@H]1N=C(c2ccc(Cl)cc2)c2c(sc(C)c2C)-c2cn(C)c(=O)cc21. The molecule has 0 aliphatic carbocycles. The van der Waals surface area contributed by atoms with Crippen LogP contribution in [0.15, 0.2) is 46.3 Å². The van der Waals surface area contributed by atoms with Crippen molar-refractivity contribution in [3.05, 3.63) is 79.0 Å². The Kier molecular flexibility index (Phi) is 5.86. The molecule has 1 aliphatic rings. The largest absolute Gasteiger partial charge is 0.356 e. The van der Waals surface area contributed by atoms with E-state index < -0.39 is 6.04 Å². The highest BCUT2D eigenvalue weighted by Crippen LogP contribution is 2.44. The number of carbonyl (C=O) groups is 1. The molecule has 1 aromatic carbocycles. The van der Waals surface area contributed by atoms with Crippen molar-refractivity contribution in [2.75, 3.05) is 6.54 Å². The number of benzene rings is 1. The van der Waals surface area contributed by atoms with E-state index in [1.54, 1.807) is 29.0 Å². The quantitative estimate of drug-likeness (QED) is 0.616. The minimum Gasteiger partial charge on any atom is -0.356 e. The third kappa shape index (κ3) is 3.98. The normalized spacial score (nSPS) is 15.0. The third-order valence-corrected chi connectivity index (χ3v) is 7.13. The molecule has 5 nitrogen and oxygen atoms in total. The van der Waals surface area contributed by atoms with Gasteiger partial charge in [0.25, 0.3) is 5.56 Å². The van der Waals surface area contributed by atoms with E-state index in [0.29, 0.717) is 11.6 Å². The van der Waals surface area contributed by atoms with Crippen molar-refractivity contribution in [2.24, 2.45) is 12.0 Å². The monoisotopic (exact) mass is 453 g/mol. The number of aliphatic imine (C=N–C) groups is 1. The van der Waals surface area contributed by atoms with Crippen LogP contribution in [0, 0.1) is 13.8 Å². The van der Waals surface area contributed by atoms with E-state index in [-0.39, 0.29) is 17.9 Å². The summed E-state index contributed by atoms with van der Waals surface area (Å²) in [6.45, 7) is 6.64. The van der Waals surface area contributed by atoms with Gasteiger partial charge in [0.05, 0.1) is 18.2 Å². The van der Waals surface area contributed by atoms with E-state index in [1.807, 2.05) is 37.4 Å². The zero-order valence-corrected chi connectivity index (χ0v) is 19.5. The maximum atomic E-state index is 12.5. The number of nitrogens with one attached hydrogen (secondary N) is 1. The smallest absolute Gasteiger partial charge is 0.250 e. The molecular formula is C24H24ClN3O2S. The number of carbonyl (C=O) groups excluding carboxylic acids is 1. The van der Waals surface area contributed by atoms with Gasteiger partial charge in [-0.1, -0.05) is 23.7 Å². The van der Waals surface area contributed by atoms with Crippen molar-refractivity contribution in [1.29, 1.82) is 0 Å². The van der Waals surface area contributed by atoms with E-state index in [2.05, 4.69) is 19.2 Å². The summed E-state index contributed by atoms with van der Waals surface area (Å²) in [6, 6.07) is 8.77. The fourth-order valence-corrected chi connectivity index (χ4v) is 5.25. The summed E-state index contributed by atoms with van der Waals surface area (Å²) in [5.41, 5.74) is 5.62. The molecule has 1 amide bonds. The lowest BCUT2D eigenvalue weighted by Gasteiger charge is -2.16. The third-order valence-electron chi connectivity index (χ3n) is 5.64. The Labute approximate surface area is 190 Å². The Morgan fingerprint density at radius 2 is 1.97 bits per heavy atom. The predicted octanol–water partition coefficient (Wildman–Crippen LogP) is 4.80. The maximum Gasteiger partial charge on any atom is 0.250 e. The van der Waals surface area contributed by atoms with Gasteiger partial charge in [-0.2, -0.15) is 0 Å². The van der Waals surface area contributed by atoms with Gasteiger partial charge in [-0.25, -0.2) is 0 Å². The first-order valence-corrected chi connectivity index (χ1v) is 11.4. The van der Waals surface area contributed by atoms with Crippen LogP contribution in [0.1, 0.15) is 46.5 Å². The first kappa shape index (κ1) is 21.5. The average Bonchev–Trinajstić information content (AvgIpc) is 2.95. The highest BCUT2D eigenvalue weighted by atomic mass is 35.5. The van der Waals surface area contributed by atoms with Gasteiger partial charge < -0.3 is 9.88 Å². The summed E-state index contributed by atoms with van der Waals surface area (Å²) < 4.78 is 1.59. The highest BCUT2D eigenvalue weighted by Gasteiger charge is 2.30. The van der Waals surface area contributed by atoms with Gasteiger partial charge >= 0.3 is 0 Å². The maximum absolute atomic E-state index is 12.5. The number of thiophene rings is 1. The number of rotatable bonds is 4. The van der Waals surface area contributed by atoms with Crippen molar-refractivity contribution >= 4 is 34.6 Å². The Morgan fingerprint density at radius 1 is 1.26 bits per heavy atom. The summed E-state index contributed by atoms with van der Waals surface area (Å²) in [4.78, 5) is 32.4. The molecule has 0 radical (unpaired) electrons. The number of pyridine rings is 1. The van der Waals surface area contributed by atoms with Crippen LogP contribution in [0.2, 0.25) is 5.02 Å². The molecule has 0 fully saturated rings. The summed E-state index contributed by atoms with van der Waals surface area (Å²) in [7, 11) is 1.75. The van der Waals surface area contributed by atoms with Crippen LogP contribution in [0.3, 0.4) is 0 Å². The minimum absolute atomic E-state index is 0.0866. The molecule has 0 saturated carbocycles. The summed E-state index contributed by atoms with van der Waals surface area (Å²) in [6.07, 6.45) is 2.05. The molecule has 0 saturated heterocycles. The molecule has 1 atom stereocenters. The van der Waals surface area contributed by atoms with Crippen molar-refractivity contribution in [3.63, 3.8) is 0 Å². The molecule has 2 aromatic heterocycles. The second-order valence-corrected chi connectivity index (χ2v) is 9.40. The molecule has 7 heteroatoms. The van der Waals surface area contributed by atoms with Crippen molar-refractivity contribution in [2.45, 2.75) is 33.2 Å². The number of amides is 1. The lowest BCUT2D eigenvalue weighted by molar-refractivity contribution is -0.121. The standard InChI is InChI=1S/C24H24ClN3O2S/c1-5-26-20(29)11-19-17-10-21(30)28(4)12-18(17)24-22(13(2)14(3)31-24)23(27-19)15-6-8-16(25)9-7-15/h6-10,12,19H,5,11H2,1-4H3,(H,26,29)/t19-/m1/s1. The number of aromatic nitrogens is 1. The second-order valence-electron chi connectivity index (χ2n) is 7.74. The van der Waals surface area contributed by atoms with E-state index in [9.17, 15) is 9.59 Å². The number of fused-ring (bicyclic) bond motifs is 3. The van der Waals surface area contributed by atoms with Crippen molar-refractivity contribution in [3.8, 4) is 10.4 Å². The van der Waals surface area contributed by atoms with E-state index in [1.165, 1.54) is 4.88 Å². The van der Waals surface area contributed by atoms with Gasteiger partial charge in [-0.15, -0.1) is 11.3 Å². The fourth-order valence-electron chi connectivity index (χ4n) is 3.93. The molecule has 1 N–H and O–H groups in total. The lowest BCUT2D eigenvalue weighted by Crippen LogP contribution is -2.25. The Morgan fingerprint density at radius 3 is 2.65 bits per heavy atom. The fraction of sp³-hybridized carbons (Fsp3) is 0.292. The second kappa shape index (κ2) is 8.44. The summed E-state index contributed by atoms with van der Waals surface area (Å²) in [5.74, 6) is -0.0866. The minimum atomic E-state index is -0.458. The number of hydrogen-bond donors (Lipinski definition) is 1. The number of aryl methyl sites for hydroxylation is 2. The molecule has 0 unspecified atom stereocenters. The summed E-state index contributed by atoms with van der Waals surface area (Å²) >= 11 is 7.83. The van der Waals surface area contributed by atoms with E-state index in [4.69, 9.17) is 16.6 Å². The van der Waals surface area contributed by atoms with Gasteiger partial charge in [0.1, 0.15) is 0 Å². The molecular weight excluding hydrogens is 430 g/mol. The Balaban J connectivity index is 2.02. The Hall–Kier alpha value is -2.70. The highest BCUT2D eigenvalue weighted by molar-refractivity contribution is 7.16. The van der Waals surface area contributed by atoms with Gasteiger partial charge in [0, 0.05) is 57.3 Å². The zero-order chi connectivity index (χ0) is 22.3. The number of halogens is 1. The molecule has 31 heavy (non-hydrogen) atoms. The molecule has 1 aliphatic heterocycles. The zero-order valence-electron chi connectivity index (χ0n) is 18.0. The van der Waals surface area contributed by atoms with Crippen LogP contribution in [0.5, 0.6) is 0 Å². The van der Waals surface area contributed by atoms with Crippen LogP contribution in [-0.2, 0) is 11.8 Å². The van der Waals surface area contributed by atoms with Crippen LogP contribution >= 0.6 is 22.9 Å². The average molecular weight is 454 g/mol.